The van der Waals surface area contributed by atoms with Crippen molar-refractivity contribution in [3.63, 3.8) is 0 Å². The lowest BCUT2D eigenvalue weighted by Gasteiger charge is -2.32. The Hall–Kier alpha value is -2.41. The molecule has 27 heavy (non-hydrogen) atoms. The molecule has 0 amide bonds. The number of ether oxygens (including phenoxy) is 3. The summed E-state index contributed by atoms with van der Waals surface area (Å²) < 4.78 is 17.5. The zero-order valence-electron chi connectivity index (χ0n) is 15.5. The lowest BCUT2D eigenvalue weighted by atomic mass is 9.87. The maximum absolute atomic E-state index is 13.1. The van der Waals surface area contributed by atoms with Gasteiger partial charge in [0.25, 0.3) is 0 Å². The van der Waals surface area contributed by atoms with Crippen LogP contribution in [-0.2, 0) is 9.53 Å². The topological polar surface area (TPSA) is 74.7 Å². The molecule has 1 aliphatic rings. The number of halogens is 1. The number of carbonyl (C=O) groups is 2. The third-order valence-electron chi connectivity index (χ3n) is 4.00. The first-order valence-corrected chi connectivity index (χ1v) is 9.22. The van der Waals surface area contributed by atoms with Crippen molar-refractivity contribution in [2.75, 3.05) is 7.11 Å². The highest BCUT2D eigenvalue weighted by Gasteiger charge is 2.45. The van der Waals surface area contributed by atoms with Gasteiger partial charge in [-0.05, 0) is 61.0 Å². The highest BCUT2D eigenvalue weighted by molar-refractivity contribution is 9.10. The molecule has 0 fully saturated rings. The van der Waals surface area contributed by atoms with E-state index in [4.69, 9.17) is 14.2 Å². The molecule has 7 heteroatoms. The fourth-order valence-corrected chi connectivity index (χ4v) is 3.06. The molecule has 1 aromatic carbocycles. The monoisotopic (exact) mass is 433 g/mol. The van der Waals surface area contributed by atoms with Crippen LogP contribution >= 0.6 is 15.9 Å². The number of benzene rings is 1. The summed E-state index contributed by atoms with van der Waals surface area (Å²) >= 11 is 3.33. The van der Waals surface area contributed by atoms with E-state index in [-0.39, 0.29) is 5.78 Å². The SMILES string of the molecule is COc1ccc2c(c1)OC(c1ccc(Br)cn1)C(C(=O)OC(C)(C)C)C2=O. The van der Waals surface area contributed by atoms with Gasteiger partial charge < -0.3 is 14.2 Å². The van der Waals surface area contributed by atoms with E-state index in [1.54, 1.807) is 57.3 Å². The molecule has 2 unspecified atom stereocenters. The lowest BCUT2D eigenvalue weighted by Crippen LogP contribution is -2.41. The zero-order chi connectivity index (χ0) is 19.8. The number of esters is 1. The Morgan fingerprint density at radius 3 is 2.56 bits per heavy atom. The first-order valence-electron chi connectivity index (χ1n) is 8.43. The highest BCUT2D eigenvalue weighted by Crippen LogP contribution is 2.41. The molecule has 1 aromatic heterocycles. The van der Waals surface area contributed by atoms with Crippen molar-refractivity contribution in [1.29, 1.82) is 0 Å². The molecule has 0 radical (unpaired) electrons. The molecule has 3 rings (SSSR count). The van der Waals surface area contributed by atoms with Gasteiger partial charge in [0.15, 0.2) is 17.8 Å². The van der Waals surface area contributed by atoms with E-state index in [1.807, 2.05) is 0 Å². The summed E-state index contributed by atoms with van der Waals surface area (Å²) in [5.41, 5.74) is 0.0609. The van der Waals surface area contributed by atoms with Crippen LogP contribution in [0.5, 0.6) is 11.5 Å². The van der Waals surface area contributed by atoms with Crippen LogP contribution in [0, 0.1) is 5.92 Å². The van der Waals surface area contributed by atoms with Gasteiger partial charge in [-0.25, -0.2) is 0 Å². The number of ketones is 1. The molecule has 6 nitrogen and oxygen atoms in total. The minimum absolute atomic E-state index is 0.319. The van der Waals surface area contributed by atoms with Crippen LogP contribution in [0.2, 0.25) is 0 Å². The number of rotatable bonds is 3. The fourth-order valence-electron chi connectivity index (χ4n) is 2.82. The average Bonchev–Trinajstić information content (AvgIpc) is 2.60. The summed E-state index contributed by atoms with van der Waals surface area (Å²) in [5.74, 6) is -1.22. The van der Waals surface area contributed by atoms with Crippen molar-refractivity contribution in [2.24, 2.45) is 5.92 Å². The van der Waals surface area contributed by atoms with Gasteiger partial charge in [-0.15, -0.1) is 0 Å². The Balaban J connectivity index is 2.06. The van der Waals surface area contributed by atoms with Crippen LogP contribution in [0.25, 0.3) is 0 Å². The summed E-state index contributed by atoms with van der Waals surface area (Å²) in [6.07, 6.45) is 0.705. The third-order valence-corrected chi connectivity index (χ3v) is 4.46. The number of methoxy groups -OCH3 is 1. The van der Waals surface area contributed by atoms with Crippen LogP contribution < -0.4 is 9.47 Å². The number of hydrogen-bond donors (Lipinski definition) is 0. The third kappa shape index (κ3) is 4.13. The Morgan fingerprint density at radius 2 is 1.96 bits per heavy atom. The number of aromatic nitrogens is 1. The van der Waals surface area contributed by atoms with E-state index in [9.17, 15) is 9.59 Å². The predicted octanol–water partition coefficient (Wildman–Crippen LogP) is 4.13. The van der Waals surface area contributed by atoms with Crippen molar-refractivity contribution < 1.29 is 23.8 Å². The molecular weight excluding hydrogens is 414 g/mol. The van der Waals surface area contributed by atoms with E-state index in [2.05, 4.69) is 20.9 Å². The van der Waals surface area contributed by atoms with Gasteiger partial charge in [0.2, 0.25) is 0 Å². The molecule has 2 heterocycles. The van der Waals surface area contributed by atoms with E-state index in [1.165, 1.54) is 7.11 Å². The second kappa shape index (κ2) is 7.31. The highest BCUT2D eigenvalue weighted by atomic mass is 79.9. The number of pyridine rings is 1. The number of hydrogen-bond acceptors (Lipinski definition) is 6. The normalized spacial score (nSPS) is 19.1. The molecule has 1 aliphatic heterocycles. The summed E-state index contributed by atoms with van der Waals surface area (Å²) in [7, 11) is 1.53. The molecule has 0 aliphatic carbocycles. The minimum atomic E-state index is -1.14. The maximum Gasteiger partial charge on any atom is 0.321 e. The zero-order valence-corrected chi connectivity index (χ0v) is 17.1. The van der Waals surface area contributed by atoms with Crippen LogP contribution in [0.4, 0.5) is 0 Å². The summed E-state index contributed by atoms with van der Waals surface area (Å²) in [4.78, 5) is 30.3. The number of Topliss-reactive ketones (excluding diaryl/α,β-unsaturated/α-hetero) is 1. The van der Waals surface area contributed by atoms with Gasteiger partial charge in [-0.1, -0.05) is 0 Å². The molecule has 2 atom stereocenters. The van der Waals surface area contributed by atoms with Crippen LogP contribution in [0.15, 0.2) is 41.0 Å². The molecule has 0 N–H and O–H groups in total. The van der Waals surface area contributed by atoms with Gasteiger partial charge in [0.1, 0.15) is 17.1 Å². The van der Waals surface area contributed by atoms with Crippen LogP contribution in [0.1, 0.15) is 42.9 Å². The molecule has 0 saturated heterocycles. The van der Waals surface area contributed by atoms with E-state index >= 15 is 0 Å². The van der Waals surface area contributed by atoms with E-state index in [0.717, 1.165) is 4.47 Å². The Labute approximate surface area is 166 Å². The van der Waals surface area contributed by atoms with Gasteiger partial charge in [0, 0.05) is 16.7 Å². The smallest absolute Gasteiger partial charge is 0.321 e. The molecule has 0 bridgehead atoms. The Bertz CT molecular complexity index is 873. The summed E-state index contributed by atoms with van der Waals surface area (Å²) in [6, 6.07) is 8.38. The van der Waals surface area contributed by atoms with Crippen LogP contribution in [0.3, 0.4) is 0 Å². The summed E-state index contributed by atoms with van der Waals surface area (Å²) in [5, 5.41) is 0. The maximum atomic E-state index is 13.1. The fraction of sp³-hybridized carbons (Fsp3) is 0.350. The average molecular weight is 434 g/mol. The predicted molar refractivity (Wildman–Crippen MR) is 102 cm³/mol. The van der Waals surface area contributed by atoms with Gasteiger partial charge in [-0.2, -0.15) is 0 Å². The molecule has 0 spiro atoms. The number of fused-ring (bicyclic) bond motifs is 1. The van der Waals surface area contributed by atoms with Crippen molar-refractivity contribution in [1.82, 2.24) is 4.98 Å². The van der Waals surface area contributed by atoms with Gasteiger partial charge >= 0.3 is 5.97 Å². The molecule has 0 saturated carbocycles. The quantitative estimate of drug-likeness (QED) is 0.535. The largest absolute Gasteiger partial charge is 0.497 e. The molecule has 2 aromatic rings. The lowest BCUT2D eigenvalue weighted by molar-refractivity contribution is -0.161. The van der Waals surface area contributed by atoms with Gasteiger partial charge in [0.05, 0.1) is 18.4 Å². The van der Waals surface area contributed by atoms with Crippen molar-refractivity contribution in [2.45, 2.75) is 32.5 Å². The minimum Gasteiger partial charge on any atom is -0.497 e. The standard InChI is InChI=1S/C20H20BrNO5/c1-20(2,3)27-19(24)16-17(23)13-7-6-12(25-4)9-15(13)26-18(16)14-8-5-11(21)10-22-14/h5-10,16,18H,1-4H3. The van der Waals surface area contributed by atoms with E-state index < -0.39 is 23.6 Å². The number of carbonyl (C=O) groups excluding carboxylic acids is 2. The summed E-state index contributed by atoms with van der Waals surface area (Å²) in [6.45, 7) is 5.26. The van der Waals surface area contributed by atoms with E-state index in [0.29, 0.717) is 22.8 Å². The van der Waals surface area contributed by atoms with Gasteiger partial charge in [-0.3, -0.25) is 14.6 Å². The van der Waals surface area contributed by atoms with Crippen molar-refractivity contribution in [3.05, 3.63) is 52.3 Å². The second-order valence-electron chi connectivity index (χ2n) is 7.18. The van der Waals surface area contributed by atoms with Crippen molar-refractivity contribution in [3.8, 4) is 11.5 Å². The number of nitrogens with zero attached hydrogens (tertiary/aromatic N) is 1. The first kappa shape index (κ1) is 19.4. The second-order valence-corrected chi connectivity index (χ2v) is 8.09. The Morgan fingerprint density at radius 1 is 1.22 bits per heavy atom. The molecular formula is C20H20BrNO5. The van der Waals surface area contributed by atoms with Crippen LogP contribution in [-0.4, -0.2) is 29.4 Å². The Kier molecular flexibility index (Phi) is 5.24. The van der Waals surface area contributed by atoms with Crippen molar-refractivity contribution >= 4 is 27.7 Å². The molecule has 142 valence electrons. The first-order chi connectivity index (χ1) is 12.7.